The number of anilines is 1. The fourth-order valence-corrected chi connectivity index (χ4v) is 1.95. The van der Waals surface area contributed by atoms with Crippen LogP contribution in [0.1, 0.15) is 29.0 Å². The van der Waals surface area contributed by atoms with E-state index in [1.807, 2.05) is 31.2 Å². The maximum atomic E-state index is 11.4. The summed E-state index contributed by atoms with van der Waals surface area (Å²) in [6.07, 6.45) is 1.57. The topological polar surface area (TPSA) is 51.2 Å². The van der Waals surface area contributed by atoms with Gasteiger partial charge in [0.1, 0.15) is 5.69 Å². The average Bonchev–Trinajstić information content (AvgIpc) is 2.47. The van der Waals surface area contributed by atoms with Crippen LogP contribution in [-0.4, -0.2) is 18.1 Å². The highest BCUT2D eigenvalue weighted by atomic mass is 35.5. The third kappa shape index (κ3) is 3.48. The Morgan fingerprint density at radius 1 is 1.30 bits per heavy atom. The summed E-state index contributed by atoms with van der Waals surface area (Å²) in [6, 6.07) is 11.2. The number of benzene rings is 1. The van der Waals surface area contributed by atoms with Gasteiger partial charge in [0, 0.05) is 22.9 Å². The largest absolute Gasteiger partial charge is 0.464 e. The minimum atomic E-state index is -0.451. The van der Waals surface area contributed by atoms with Gasteiger partial charge in [-0.25, -0.2) is 9.78 Å². The molecule has 0 aliphatic rings. The van der Waals surface area contributed by atoms with E-state index in [-0.39, 0.29) is 11.7 Å². The molecule has 0 aliphatic heterocycles. The fraction of sp³-hybridized carbons (Fsp3) is 0.200. The van der Waals surface area contributed by atoms with Gasteiger partial charge in [0.2, 0.25) is 0 Å². The second-order valence-electron chi connectivity index (χ2n) is 4.34. The molecule has 20 heavy (non-hydrogen) atoms. The number of esters is 1. The summed E-state index contributed by atoms with van der Waals surface area (Å²) in [5.41, 5.74) is 2.19. The lowest BCUT2D eigenvalue weighted by Crippen LogP contribution is -2.09. The van der Waals surface area contributed by atoms with Gasteiger partial charge in [-0.2, -0.15) is 0 Å². The first-order valence-corrected chi connectivity index (χ1v) is 6.54. The van der Waals surface area contributed by atoms with Gasteiger partial charge in [0.05, 0.1) is 7.11 Å². The van der Waals surface area contributed by atoms with Crippen molar-refractivity contribution in [1.82, 2.24) is 4.98 Å². The van der Waals surface area contributed by atoms with E-state index in [2.05, 4.69) is 15.0 Å². The van der Waals surface area contributed by atoms with Gasteiger partial charge in [0.25, 0.3) is 0 Å². The Morgan fingerprint density at radius 2 is 2.00 bits per heavy atom. The van der Waals surface area contributed by atoms with Crippen molar-refractivity contribution in [2.45, 2.75) is 13.0 Å². The molecule has 0 aliphatic carbocycles. The highest BCUT2D eigenvalue weighted by molar-refractivity contribution is 6.30. The summed E-state index contributed by atoms with van der Waals surface area (Å²) in [4.78, 5) is 15.4. The zero-order valence-corrected chi connectivity index (χ0v) is 12.0. The number of carbonyl (C=O) groups excluding carboxylic acids is 1. The molecule has 0 amide bonds. The van der Waals surface area contributed by atoms with Gasteiger partial charge in [-0.3, -0.25) is 0 Å². The normalized spacial score (nSPS) is 11.8. The van der Waals surface area contributed by atoms with Crippen molar-refractivity contribution in [2.75, 3.05) is 12.4 Å². The van der Waals surface area contributed by atoms with Crippen LogP contribution in [0.15, 0.2) is 42.6 Å². The number of carbonyl (C=O) groups is 1. The van der Waals surface area contributed by atoms with E-state index in [4.69, 9.17) is 11.6 Å². The van der Waals surface area contributed by atoms with Crippen LogP contribution in [-0.2, 0) is 4.74 Å². The molecule has 1 N–H and O–H groups in total. The monoisotopic (exact) mass is 290 g/mol. The number of ether oxygens (including phenoxy) is 1. The van der Waals surface area contributed by atoms with Crippen LogP contribution in [0, 0.1) is 0 Å². The predicted molar refractivity (Wildman–Crippen MR) is 79.1 cm³/mol. The summed E-state index contributed by atoms with van der Waals surface area (Å²) in [5, 5.41) is 4.01. The summed E-state index contributed by atoms with van der Waals surface area (Å²) in [6.45, 7) is 2.03. The zero-order valence-electron chi connectivity index (χ0n) is 11.3. The van der Waals surface area contributed by atoms with Crippen molar-refractivity contribution in [3.8, 4) is 0 Å². The maximum Gasteiger partial charge on any atom is 0.356 e. The van der Waals surface area contributed by atoms with E-state index >= 15 is 0 Å². The molecule has 1 heterocycles. The van der Waals surface area contributed by atoms with Gasteiger partial charge in [-0.15, -0.1) is 0 Å². The number of methoxy groups -OCH3 is 1. The minimum absolute atomic E-state index is 0.0835. The predicted octanol–water partition coefficient (Wildman–Crippen LogP) is 3.69. The number of rotatable bonds is 4. The van der Waals surface area contributed by atoms with E-state index < -0.39 is 5.97 Å². The first-order valence-electron chi connectivity index (χ1n) is 6.16. The van der Waals surface area contributed by atoms with Gasteiger partial charge in [-0.05, 0) is 36.8 Å². The molecular weight excluding hydrogens is 276 g/mol. The molecule has 0 saturated carbocycles. The molecule has 0 bridgehead atoms. The molecule has 2 aromatic rings. The number of aromatic nitrogens is 1. The summed E-state index contributed by atoms with van der Waals surface area (Å²) >= 11 is 5.87. The fourth-order valence-electron chi connectivity index (χ4n) is 1.82. The van der Waals surface area contributed by atoms with Crippen molar-refractivity contribution < 1.29 is 9.53 Å². The first kappa shape index (κ1) is 14.3. The van der Waals surface area contributed by atoms with E-state index in [1.54, 1.807) is 18.3 Å². The van der Waals surface area contributed by atoms with E-state index in [9.17, 15) is 4.79 Å². The van der Waals surface area contributed by atoms with E-state index in [0.29, 0.717) is 5.02 Å². The van der Waals surface area contributed by atoms with Crippen LogP contribution in [0.4, 0.5) is 5.69 Å². The van der Waals surface area contributed by atoms with Crippen molar-refractivity contribution in [1.29, 1.82) is 0 Å². The second-order valence-corrected chi connectivity index (χ2v) is 4.78. The van der Waals surface area contributed by atoms with Crippen molar-refractivity contribution in [2.24, 2.45) is 0 Å². The molecule has 2 rings (SSSR count). The smallest absolute Gasteiger partial charge is 0.356 e. The van der Waals surface area contributed by atoms with Crippen LogP contribution >= 0.6 is 11.6 Å². The molecule has 0 radical (unpaired) electrons. The summed E-state index contributed by atoms with van der Waals surface area (Å²) in [7, 11) is 1.33. The standard InChI is InChI=1S/C15H15ClN2O2/c1-10(11-3-5-12(16)6-4-11)18-13-7-8-17-14(9-13)15(19)20-2/h3-10H,1-2H3,(H,17,18). The van der Waals surface area contributed by atoms with E-state index in [1.165, 1.54) is 7.11 Å². The number of nitrogens with one attached hydrogen (secondary N) is 1. The Hall–Kier alpha value is -2.07. The molecule has 5 heteroatoms. The van der Waals surface area contributed by atoms with Gasteiger partial charge < -0.3 is 10.1 Å². The number of hydrogen-bond donors (Lipinski definition) is 1. The maximum absolute atomic E-state index is 11.4. The van der Waals surface area contributed by atoms with Crippen LogP contribution in [0.5, 0.6) is 0 Å². The summed E-state index contributed by atoms with van der Waals surface area (Å²) < 4.78 is 4.65. The van der Waals surface area contributed by atoms with Gasteiger partial charge in [-0.1, -0.05) is 23.7 Å². The Kier molecular flexibility index (Phi) is 4.58. The molecule has 0 saturated heterocycles. The molecule has 1 aromatic heterocycles. The number of nitrogens with zero attached hydrogens (tertiary/aromatic N) is 1. The average molecular weight is 291 g/mol. The highest BCUT2D eigenvalue weighted by Crippen LogP contribution is 2.21. The number of halogens is 1. The lowest BCUT2D eigenvalue weighted by Gasteiger charge is -2.16. The van der Waals surface area contributed by atoms with Crippen LogP contribution in [0.3, 0.4) is 0 Å². The molecule has 4 nitrogen and oxygen atoms in total. The Balaban J connectivity index is 2.13. The van der Waals surface area contributed by atoms with Crippen molar-refractivity contribution in [3.05, 3.63) is 58.9 Å². The molecule has 1 unspecified atom stereocenters. The molecule has 1 atom stereocenters. The van der Waals surface area contributed by atoms with Crippen molar-refractivity contribution >= 4 is 23.3 Å². The van der Waals surface area contributed by atoms with Gasteiger partial charge in [0.15, 0.2) is 0 Å². The number of hydrogen-bond acceptors (Lipinski definition) is 4. The molecule has 0 spiro atoms. The third-order valence-electron chi connectivity index (χ3n) is 2.91. The lowest BCUT2D eigenvalue weighted by atomic mass is 10.1. The Bertz CT molecular complexity index is 599. The van der Waals surface area contributed by atoms with Crippen molar-refractivity contribution in [3.63, 3.8) is 0 Å². The third-order valence-corrected chi connectivity index (χ3v) is 3.16. The second kappa shape index (κ2) is 6.39. The van der Waals surface area contributed by atoms with Crippen LogP contribution in [0.2, 0.25) is 5.02 Å². The Morgan fingerprint density at radius 3 is 2.65 bits per heavy atom. The molecule has 104 valence electrons. The number of pyridine rings is 1. The minimum Gasteiger partial charge on any atom is -0.464 e. The van der Waals surface area contributed by atoms with E-state index in [0.717, 1.165) is 11.3 Å². The first-order chi connectivity index (χ1) is 9.60. The van der Waals surface area contributed by atoms with Crippen LogP contribution < -0.4 is 5.32 Å². The zero-order chi connectivity index (χ0) is 14.5. The molecule has 0 fully saturated rings. The molecular formula is C15H15ClN2O2. The Labute approximate surface area is 122 Å². The highest BCUT2D eigenvalue weighted by Gasteiger charge is 2.09. The quantitative estimate of drug-likeness (QED) is 0.873. The lowest BCUT2D eigenvalue weighted by molar-refractivity contribution is 0.0594. The molecule has 1 aromatic carbocycles. The van der Waals surface area contributed by atoms with Gasteiger partial charge >= 0.3 is 5.97 Å². The van der Waals surface area contributed by atoms with Crippen LogP contribution in [0.25, 0.3) is 0 Å². The SMILES string of the molecule is COC(=O)c1cc(NC(C)c2ccc(Cl)cc2)ccn1. The summed E-state index contributed by atoms with van der Waals surface area (Å²) in [5.74, 6) is -0.451.